The topological polar surface area (TPSA) is 63.5 Å². The Labute approximate surface area is 156 Å². The van der Waals surface area contributed by atoms with Crippen LogP contribution < -0.4 is 4.90 Å². The Balaban J connectivity index is 1.92. The van der Waals surface area contributed by atoms with Crippen LogP contribution in [0.25, 0.3) is 10.8 Å². The Kier molecular flexibility index (Phi) is 4.20. The summed E-state index contributed by atoms with van der Waals surface area (Å²) in [5, 5.41) is 13.2. The van der Waals surface area contributed by atoms with E-state index in [2.05, 4.69) is 18.7 Å². The largest absolute Gasteiger partial charge is 0.308 e. The molecule has 134 valence electrons. The summed E-state index contributed by atoms with van der Waals surface area (Å²) in [6.45, 7) is 4.23. The molecule has 0 radical (unpaired) electrons. The number of anilines is 1. The lowest BCUT2D eigenvalue weighted by molar-refractivity contribution is -0.384. The summed E-state index contributed by atoms with van der Waals surface area (Å²) in [4.78, 5) is 25.1. The van der Waals surface area contributed by atoms with Gasteiger partial charge in [0.15, 0.2) is 0 Å². The van der Waals surface area contributed by atoms with E-state index in [0.29, 0.717) is 13.0 Å². The highest BCUT2D eigenvalue weighted by Gasteiger charge is 2.33. The van der Waals surface area contributed by atoms with E-state index >= 15 is 0 Å². The van der Waals surface area contributed by atoms with Crippen LogP contribution in [0.3, 0.4) is 0 Å². The molecule has 3 aromatic carbocycles. The summed E-state index contributed by atoms with van der Waals surface area (Å²) < 4.78 is 0. The molecule has 1 unspecified atom stereocenters. The molecule has 27 heavy (non-hydrogen) atoms. The molecule has 4 rings (SSSR count). The molecule has 1 amide bonds. The number of amides is 1. The first kappa shape index (κ1) is 17.0. The van der Waals surface area contributed by atoms with Crippen LogP contribution in [-0.4, -0.2) is 17.4 Å². The summed E-state index contributed by atoms with van der Waals surface area (Å²) in [6, 6.07) is 18.6. The summed E-state index contributed by atoms with van der Waals surface area (Å²) in [7, 11) is 0. The summed E-state index contributed by atoms with van der Waals surface area (Å²) in [6.07, 6.45) is 2.05. The normalized spacial score (nSPS) is 16.2. The first-order valence-corrected chi connectivity index (χ1v) is 8.77. The maximum Gasteiger partial charge on any atom is 0.269 e. The molecule has 0 saturated heterocycles. The van der Waals surface area contributed by atoms with Crippen LogP contribution in [0.15, 0.2) is 73.3 Å². The Bertz CT molecular complexity index is 1060. The Morgan fingerprint density at radius 1 is 1.11 bits per heavy atom. The van der Waals surface area contributed by atoms with Gasteiger partial charge in [0.1, 0.15) is 0 Å². The summed E-state index contributed by atoms with van der Waals surface area (Å²) in [5.74, 6) is -0.110. The molecule has 1 aliphatic rings. The van der Waals surface area contributed by atoms with Gasteiger partial charge in [0.2, 0.25) is 5.91 Å². The zero-order valence-corrected chi connectivity index (χ0v) is 14.7. The average molecular weight is 358 g/mol. The van der Waals surface area contributed by atoms with Gasteiger partial charge in [-0.1, -0.05) is 48.5 Å². The smallest absolute Gasteiger partial charge is 0.269 e. The minimum atomic E-state index is -0.412. The van der Waals surface area contributed by atoms with Crippen molar-refractivity contribution >= 4 is 28.1 Å². The van der Waals surface area contributed by atoms with E-state index in [1.54, 1.807) is 23.1 Å². The molecule has 1 aliphatic heterocycles. The zero-order chi connectivity index (χ0) is 19.0. The van der Waals surface area contributed by atoms with Crippen molar-refractivity contribution in [3.05, 3.63) is 94.6 Å². The number of nitro groups is 1. The quantitative estimate of drug-likeness (QED) is 0.382. The Hall–Kier alpha value is -3.47. The van der Waals surface area contributed by atoms with Crippen molar-refractivity contribution in [3.63, 3.8) is 0 Å². The molecule has 5 heteroatoms. The molecule has 0 saturated carbocycles. The number of rotatable bonds is 4. The lowest BCUT2D eigenvalue weighted by atomic mass is 9.81. The minimum Gasteiger partial charge on any atom is -0.308 e. The van der Waals surface area contributed by atoms with Crippen molar-refractivity contribution in [2.45, 2.75) is 12.3 Å². The van der Waals surface area contributed by atoms with Crippen LogP contribution in [0, 0.1) is 10.1 Å². The number of benzene rings is 3. The van der Waals surface area contributed by atoms with E-state index in [1.165, 1.54) is 12.1 Å². The number of hydrogen-bond acceptors (Lipinski definition) is 3. The van der Waals surface area contributed by atoms with Crippen LogP contribution in [-0.2, 0) is 4.79 Å². The highest BCUT2D eigenvalue weighted by atomic mass is 16.6. The standard InChI is InChI=1S/C22H18N2O3/c1-2-13-23-20-12-9-15-5-3-4-6-18(15)22(20)19(14-21(23)25)16-7-10-17(11-8-16)24(26)27/h2-12,19H,1,13-14H2. The van der Waals surface area contributed by atoms with Gasteiger partial charge in [-0.2, -0.15) is 0 Å². The summed E-state index contributed by atoms with van der Waals surface area (Å²) >= 11 is 0. The molecular weight excluding hydrogens is 340 g/mol. The molecule has 1 heterocycles. The van der Waals surface area contributed by atoms with Gasteiger partial charge in [0.05, 0.1) is 4.92 Å². The molecule has 3 aromatic rings. The number of non-ortho nitro benzene ring substituents is 1. The fourth-order valence-electron chi connectivity index (χ4n) is 3.85. The van der Waals surface area contributed by atoms with Crippen molar-refractivity contribution in [1.82, 2.24) is 0 Å². The molecule has 0 aromatic heterocycles. The van der Waals surface area contributed by atoms with Crippen molar-refractivity contribution in [1.29, 1.82) is 0 Å². The number of carbonyl (C=O) groups excluding carboxylic acids is 1. The van der Waals surface area contributed by atoms with E-state index in [-0.39, 0.29) is 17.5 Å². The van der Waals surface area contributed by atoms with E-state index < -0.39 is 4.92 Å². The highest BCUT2D eigenvalue weighted by molar-refractivity contribution is 6.03. The molecule has 0 N–H and O–H groups in total. The summed E-state index contributed by atoms with van der Waals surface area (Å²) in [5.41, 5.74) is 2.92. The van der Waals surface area contributed by atoms with Gasteiger partial charge in [-0.25, -0.2) is 0 Å². The van der Waals surface area contributed by atoms with Crippen molar-refractivity contribution < 1.29 is 9.72 Å². The lowest BCUT2D eigenvalue weighted by Gasteiger charge is -2.34. The van der Waals surface area contributed by atoms with Crippen molar-refractivity contribution in [2.24, 2.45) is 0 Å². The first-order valence-electron chi connectivity index (χ1n) is 8.77. The van der Waals surface area contributed by atoms with Crippen molar-refractivity contribution in [3.8, 4) is 0 Å². The van der Waals surface area contributed by atoms with Gasteiger partial charge in [-0.15, -0.1) is 6.58 Å². The maximum atomic E-state index is 12.8. The fraction of sp³-hybridized carbons (Fsp3) is 0.136. The number of nitro benzene ring substituents is 1. The average Bonchev–Trinajstić information content (AvgIpc) is 2.69. The van der Waals surface area contributed by atoms with Gasteiger partial charge in [-0.05, 0) is 28.0 Å². The third kappa shape index (κ3) is 2.87. The van der Waals surface area contributed by atoms with Gasteiger partial charge in [-0.3, -0.25) is 14.9 Å². The van der Waals surface area contributed by atoms with E-state index in [4.69, 9.17) is 0 Å². The van der Waals surface area contributed by atoms with E-state index in [1.807, 2.05) is 24.3 Å². The molecule has 1 atom stereocenters. The lowest BCUT2D eigenvalue weighted by Crippen LogP contribution is -2.37. The van der Waals surface area contributed by atoms with Crippen LogP contribution in [0.4, 0.5) is 11.4 Å². The van der Waals surface area contributed by atoms with Crippen LogP contribution >= 0.6 is 0 Å². The molecule has 0 spiro atoms. The molecular formula is C22H18N2O3. The van der Waals surface area contributed by atoms with Gasteiger partial charge in [0, 0.05) is 36.7 Å². The second-order valence-corrected chi connectivity index (χ2v) is 6.62. The van der Waals surface area contributed by atoms with Gasteiger partial charge >= 0.3 is 0 Å². The monoisotopic (exact) mass is 358 g/mol. The maximum absolute atomic E-state index is 12.8. The number of hydrogen-bond donors (Lipinski definition) is 0. The van der Waals surface area contributed by atoms with Crippen LogP contribution in [0.2, 0.25) is 0 Å². The first-order chi connectivity index (χ1) is 13.1. The predicted octanol–water partition coefficient (Wildman–Crippen LogP) is 4.80. The van der Waals surface area contributed by atoms with Gasteiger partial charge in [0.25, 0.3) is 5.69 Å². The van der Waals surface area contributed by atoms with Crippen LogP contribution in [0.5, 0.6) is 0 Å². The molecule has 0 fully saturated rings. The highest BCUT2D eigenvalue weighted by Crippen LogP contribution is 2.44. The molecule has 0 aliphatic carbocycles. The third-order valence-electron chi connectivity index (χ3n) is 5.08. The molecule has 0 bridgehead atoms. The van der Waals surface area contributed by atoms with Crippen molar-refractivity contribution in [2.75, 3.05) is 11.4 Å². The van der Waals surface area contributed by atoms with E-state index in [0.717, 1.165) is 27.6 Å². The fourth-order valence-corrected chi connectivity index (χ4v) is 3.85. The van der Waals surface area contributed by atoms with Crippen LogP contribution in [0.1, 0.15) is 23.5 Å². The zero-order valence-electron chi connectivity index (χ0n) is 14.7. The minimum absolute atomic E-state index is 0.0287. The number of fused-ring (bicyclic) bond motifs is 3. The second kappa shape index (κ2) is 6.68. The predicted molar refractivity (Wildman–Crippen MR) is 106 cm³/mol. The second-order valence-electron chi connectivity index (χ2n) is 6.62. The number of nitrogens with zero attached hydrogens (tertiary/aromatic N) is 2. The number of carbonyl (C=O) groups is 1. The SMILES string of the molecule is C=CCN1C(=O)CC(c2ccc([N+](=O)[O-])cc2)c2c1ccc1ccccc21. The van der Waals surface area contributed by atoms with Gasteiger partial charge < -0.3 is 4.90 Å². The Morgan fingerprint density at radius 2 is 1.85 bits per heavy atom. The van der Waals surface area contributed by atoms with E-state index in [9.17, 15) is 14.9 Å². The molecule has 5 nitrogen and oxygen atoms in total. The Morgan fingerprint density at radius 3 is 2.56 bits per heavy atom. The third-order valence-corrected chi connectivity index (χ3v) is 5.08.